The van der Waals surface area contributed by atoms with Crippen LogP contribution < -0.4 is 0 Å². The lowest BCUT2D eigenvalue weighted by atomic mass is 9.82. The van der Waals surface area contributed by atoms with Crippen LogP contribution in [0.5, 0.6) is 0 Å². The molecular formula is C16H16Cl2N2. The molecule has 0 fully saturated rings. The molecule has 0 amide bonds. The monoisotopic (exact) mass is 306 g/mol. The van der Waals surface area contributed by atoms with Crippen LogP contribution in [0.15, 0.2) is 24.3 Å². The molecule has 0 aliphatic heterocycles. The minimum atomic E-state index is 0.209. The van der Waals surface area contributed by atoms with Gasteiger partial charge in [0.05, 0.1) is 0 Å². The standard InChI is InChI=1S/C16H16Cl2N2/c1-2-11-14(17)19-16(20-15(11)18)13-9-5-7-10-6-3-4-8-12(10)13/h3-4,6,8,13H,2,5,7,9H2,1H3. The number of hydrogen-bond acceptors (Lipinski definition) is 2. The third kappa shape index (κ3) is 2.43. The average molecular weight is 307 g/mol. The van der Waals surface area contributed by atoms with Gasteiger partial charge in [0.15, 0.2) is 0 Å². The highest BCUT2D eigenvalue weighted by Gasteiger charge is 2.25. The van der Waals surface area contributed by atoms with Crippen molar-refractivity contribution in [1.82, 2.24) is 9.97 Å². The second kappa shape index (κ2) is 5.71. The van der Waals surface area contributed by atoms with E-state index >= 15 is 0 Å². The van der Waals surface area contributed by atoms with Gasteiger partial charge in [0, 0.05) is 11.5 Å². The molecule has 4 heteroatoms. The fourth-order valence-electron chi connectivity index (χ4n) is 2.92. The number of aromatic nitrogens is 2. The molecule has 0 N–H and O–H groups in total. The van der Waals surface area contributed by atoms with Gasteiger partial charge in [0.1, 0.15) is 16.1 Å². The first-order valence-electron chi connectivity index (χ1n) is 7.00. The Kier molecular flexibility index (Phi) is 3.95. The van der Waals surface area contributed by atoms with Gasteiger partial charge in [-0.2, -0.15) is 0 Å². The van der Waals surface area contributed by atoms with Gasteiger partial charge in [-0.3, -0.25) is 0 Å². The molecular weight excluding hydrogens is 291 g/mol. The summed E-state index contributed by atoms with van der Waals surface area (Å²) >= 11 is 12.5. The largest absolute Gasteiger partial charge is 0.220 e. The summed E-state index contributed by atoms with van der Waals surface area (Å²) in [5.41, 5.74) is 3.54. The first kappa shape index (κ1) is 13.8. The maximum atomic E-state index is 6.25. The second-order valence-electron chi connectivity index (χ2n) is 5.14. The minimum absolute atomic E-state index is 0.209. The fraction of sp³-hybridized carbons (Fsp3) is 0.375. The van der Waals surface area contributed by atoms with Gasteiger partial charge in [0.25, 0.3) is 0 Å². The first-order valence-corrected chi connectivity index (χ1v) is 7.76. The quantitative estimate of drug-likeness (QED) is 0.744. The highest BCUT2D eigenvalue weighted by atomic mass is 35.5. The highest BCUT2D eigenvalue weighted by Crippen LogP contribution is 2.36. The molecule has 0 saturated carbocycles. The fourth-order valence-corrected chi connectivity index (χ4v) is 3.58. The van der Waals surface area contributed by atoms with Crippen LogP contribution in [0, 0.1) is 0 Å². The van der Waals surface area contributed by atoms with E-state index in [4.69, 9.17) is 23.2 Å². The Bertz CT molecular complexity index is 617. The van der Waals surface area contributed by atoms with E-state index in [0.717, 1.165) is 37.1 Å². The van der Waals surface area contributed by atoms with Gasteiger partial charge in [-0.1, -0.05) is 54.4 Å². The zero-order valence-corrected chi connectivity index (χ0v) is 12.9. The third-order valence-corrected chi connectivity index (χ3v) is 4.58. The van der Waals surface area contributed by atoms with Crippen LogP contribution in [-0.4, -0.2) is 9.97 Å². The Labute approximate surface area is 129 Å². The van der Waals surface area contributed by atoms with Gasteiger partial charge >= 0.3 is 0 Å². The number of benzene rings is 1. The Morgan fingerprint density at radius 1 is 1.15 bits per heavy atom. The maximum absolute atomic E-state index is 6.25. The Morgan fingerprint density at radius 2 is 1.85 bits per heavy atom. The van der Waals surface area contributed by atoms with Crippen molar-refractivity contribution in [2.24, 2.45) is 0 Å². The molecule has 1 aromatic carbocycles. The van der Waals surface area contributed by atoms with E-state index in [9.17, 15) is 0 Å². The third-order valence-electron chi connectivity index (χ3n) is 3.96. The smallest absolute Gasteiger partial charge is 0.139 e. The predicted molar refractivity (Wildman–Crippen MR) is 82.7 cm³/mol. The molecule has 0 spiro atoms. The van der Waals surface area contributed by atoms with E-state index in [0.29, 0.717) is 10.3 Å². The van der Waals surface area contributed by atoms with Crippen LogP contribution in [-0.2, 0) is 12.8 Å². The number of aryl methyl sites for hydroxylation is 1. The summed E-state index contributed by atoms with van der Waals surface area (Å²) in [6.45, 7) is 2.01. The van der Waals surface area contributed by atoms with Crippen molar-refractivity contribution in [2.75, 3.05) is 0 Å². The Hall–Kier alpha value is -1.12. The van der Waals surface area contributed by atoms with Gasteiger partial charge in [-0.25, -0.2) is 9.97 Å². The predicted octanol–water partition coefficient (Wildman–Crippen LogP) is 4.81. The maximum Gasteiger partial charge on any atom is 0.139 e. The highest BCUT2D eigenvalue weighted by molar-refractivity contribution is 6.34. The second-order valence-corrected chi connectivity index (χ2v) is 5.86. The molecule has 2 nitrogen and oxygen atoms in total. The molecule has 1 aliphatic rings. The molecule has 104 valence electrons. The molecule has 0 radical (unpaired) electrons. The van der Waals surface area contributed by atoms with Gasteiger partial charge < -0.3 is 0 Å². The van der Waals surface area contributed by atoms with Crippen molar-refractivity contribution in [3.05, 3.63) is 57.1 Å². The lowest BCUT2D eigenvalue weighted by molar-refractivity contribution is 0.589. The molecule has 0 saturated heterocycles. The van der Waals surface area contributed by atoms with Crippen LogP contribution in [0.4, 0.5) is 0 Å². The van der Waals surface area contributed by atoms with Crippen molar-refractivity contribution in [3.8, 4) is 0 Å². The van der Waals surface area contributed by atoms with Crippen molar-refractivity contribution in [2.45, 2.75) is 38.5 Å². The van der Waals surface area contributed by atoms with Gasteiger partial charge in [0.2, 0.25) is 0 Å². The van der Waals surface area contributed by atoms with Crippen molar-refractivity contribution >= 4 is 23.2 Å². The normalized spacial score (nSPS) is 17.9. The van der Waals surface area contributed by atoms with Crippen molar-refractivity contribution in [1.29, 1.82) is 0 Å². The molecule has 1 unspecified atom stereocenters. The van der Waals surface area contributed by atoms with E-state index in [1.54, 1.807) is 0 Å². The summed E-state index contributed by atoms with van der Waals surface area (Å²) in [7, 11) is 0. The Balaban J connectivity index is 2.07. The molecule has 1 aliphatic carbocycles. The van der Waals surface area contributed by atoms with Gasteiger partial charge in [-0.15, -0.1) is 0 Å². The molecule has 20 heavy (non-hydrogen) atoms. The summed E-state index contributed by atoms with van der Waals surface area (Å²) in [6, 6.07) is 8.51. The summed E-state index contributed by atoms with van der Waals surface area (Å²) in [4.78, 5) is 8.99. The minimum Gasteiger partial charge on any atom is -0.220 e. The lowest BCUT2D eigenvalue weighted by Gasteiger charge is -2.24. The van der Waals surface area contributed by atoms with Crippen LogP contribution in [0.3, 0.4) is 0 Å². The van der Waals surface area contributed by atoms with Crippen molar-refractivity contribution in [3.63, 3.8) is 0 Å². The number of hydrogen-bond donors (Lipinski definition) is 0. The molecule has 2 aromatic rings. The summed E-state index contributed by atoms with van der Waals surface area (Å²) in [6.07, 6.45) is 4.07. The van der Waals surface area contributed by atoms with Crippen LogP contribution in [0.1, 0.15) is 48.2 Å². The summed E-state index contributed by atoms with van der Waals surface area (Å²) < 4.78 is 0. The summed E-state index contributed by atoms with van der Waals surface area (Å²) in [5.74, 6) is 0.963. The number of fused-ring (bicyclic) bond motifs is 1. The van der Waals surface area contributed by atoms with E-state index in [1.807, 2.05) is 6.92 Å². The Morgan fingerprint density at radius 3 is 2.55 bits per heavy atom. The zero-order chi connectivity index (χ0) is 14.1. The van der Waals surface area contributed by atoms with E-state index < -0.39 is 0 Å². The van der Waals surface area contributed by atoms with Crippen LogP contribution in [0.2, 0.25) is 10.3 Å². The lowest BCUT2D eigenvalue weighted by Crippen LogP contribution is -2.14. The SMILES string of the molecule is CCc1c(Cl)nc(C2CCCc3ccccc32)nc1Cl. The molecule has 3 rings (SSSR count). The van der Waals surface area contributed by atoms with E-state index in [2.05, 4.69) is 34.2 Å². The zero-order valence-electron chi connectivity index (χ0n) is 11.4. The van der Waals surface area contributed by atoms with Crippen LogP contribution in [0.25, 0.3) is 0 Å². The van der Waals surface area contributed by atoms with E-state index in [-0.39, 0.29) is 5.92 Å². The topological polar surface area (TPSA) is 25.8 Å². The molecule has 1 atom stereocenters. The summed E-state index contributed by atoms with van der Waals surface area (Å²) in [5, 5.41) is 0.983. The molecule has 1 heterocycles. The average Bonchev–Trinajstić information content (AvgIpc) is 2.46. The van der Waals surface area contributed by atoms with Gasteiger partial charge in [-0.05, 0) is 36.8 Å². The van der Waals surface area contributed by atoms with Crippen LogP contribution >= 0.6 is 23.2 Å². The molecule has 0 bridgehead atoms. The number of rotatable bonds is 2. The molecule has 1 aromatic heterocycles. The number of halogens is 2. The van der Waals surface area contributed by atoms with E-state index in [1.165, 1.54) is 11.1 Å². The number of nitrogens with zero attached hydrogens (tertiary/aromatic N) is 2. The van der Waals surface area contributed by atoms with Crippen molar-refractivity contribution < 1.29 is 0 Å². The first-order chi connectivity index (χ1) is 9.70.